The first-order valence-corrected chi connectivity index (χ1v) is 11.9. The molecule has 0 saturated carbocycles. The fraction of sp³-hybridized carbons (Fsp3) is 0.194. The number of carbonyl (C=O) groups excluding carboxylic acids is 2. The molecule has 0 amide bonds. The average Bonchev–Trinajstić information content (AvgIpc) is 3.11. The number of ketones is 2. The van der Waals surface area contributed by atoms with Crippen molar-refractivity contribution in [3.05, 3.63) is 107 Å². The Hall–Kier alpha value is -4.25. The second-order valence-corrected chi connectivity index (χ2v) is 9.53. The molecule has 3 aromatic carbocycles. The molecule has 0 N–H and O–H groups in total. The predicted molar refractivity (Wildman–Crippen MR) is 140 cm³/mol. The topological polar surface area (TPSA) is 65.5 Å². The highest BCUT2D eigenvalue weighted by atomic mass is 16.5. The van der Waals surface area contributed by atoms with E-state index in [1.165, 1.54) is 0 Å². The Balaban J connectivity index is 1.38. The fourth-order valence-electron chi connectivity index (χ4n) is 4.35. The van der Waals surface area contributed by atoms with Crippen LogP contribution in [0.15, 0.2) is 84.9 Å². The molecule has 5 heteroatoms. The monoisotopic (exact) mass is 477 g/mol. The summed E-state index contributed by atoms with van der Waals surface area (Å²) in [5, 5.41) is 1.09. The second-order valence-electron chi connectivity index (χ2n) is 9.53. The molecule has 0 bridgehead atoms. The molecule has 0 atom stereocenters. The molecule has 2 heterocycles. The lowest BCUT2D eigenvalue weighted by atomic mass is 9.92. The maximum Gasteiger partial charge on any atom is 0.210 e. The Labute approximate surface area is 210 Å². The van der Waals surface area contributed by atoms with Gasteiger partial charge in [-0.05, 0) is 56.2 Å². The third-order valence-electron chi connectivity index (χ3n) is 6.21. The second kappa shape index (κ2) is 9.42. The number of fused-ring (bicyclic) bond motifs is 1. The predicted octanol–water partition coefficient (Wildman–Crippen LogP) is 6.19. The molecule has 1 aromatic heterocycles. The molecule has 0 fully saturated rings. The molecule has 36 heavy (non-hydrogen) atoms. The van der Waals surface area contributed by atoms with Crippen molar-refractivity contribution in [1.82, 2.24) is 4.98 Å². The van der Waals surface area contributed by atoms with E-state index in [4.69, 9.17) is 9.47 Å². The maximum absolute atomic E-state index is 13.3. The van der Waals surface area contributed by atoms with Gasteiger partial charge in [0, 0.05) is 17.4 Å². The van der Waals surface area contributed by atoms with Crippen LogP contribution in [0.2, 0.25) is 0 Å². The highest BCUT2D eigenvalue weighted by Gasteiger charge is 2.42. The number of aromatic nitrogens is 1. The van der Waals surface area contributed by atoms with Gasteiger partial charge in [-0.2, -0.15) is 0 Å². The summed E-state index contributed by atoms with van der Waals surface area (Å²) in [7, 11) is 0. The minimum atomic E-state index is -0.959. The number of nitrogens with zero attached hydrogens (tertiary/aromatic N) is 1. The van der Waals surface area contributed by atoms with Crippen LogP contribution in [0.4, 0.5) is 0 Å². The van der Waals surface area contributed by atoms with Crippen molar-refractivity contribution >= 4 is 33.8 Å². The van der Waals surface area contributed by atoms with Gasteiger partial charge in [-0.15, -0.1) is 0 Å². The SMILES string of the molecule is CC(=O)Cc1ccc(C2=C(c3ccc(OCc4ccc5ccccc5n4)cc3)C(=O)C(C)(C)O2)cc1. The molecule has 1 aliphatic rings. The van der Waals surface area contributed by atoms with Gasteiger partial charge in [-0.3, -0.25) is 9.59 Å². The Morgan fingerprint density at radius 3 is 2.31 bits per heavy atom. The van der Waals surface area contributed by atoms with Gasteiger partial charge >= 0.3 is 0 Å². The van der Waals surface area contributed by atoms with Crippen LogP contribution in [0.1, 0.15) is 43.2 Å². The first-order valence-electron chi connectivity index (χ1n) is 11.9. The van der Waals surface area contributed by atoms with E-state index in [9.17, 15) is 9.59 Å². The Kier molecular flexibility index (Phi) is 6.15. The molecule has 4 aromatic rings. The van der Waals surface area contributed by atoms with E-state index in [2.05, 4.69) is 4.98 Å². The van der Waals surface area contributed by atoms with Gasteiger partial charge in [0.25, 0.3) is 0 Å². The average molecular weight is 478 g/mol. The summed E-state index contributed by atoms with van der Waals surface area (Å²) in [6.45, 7) is 5.47. The number of rotatable bonds is 7. The van der Waals surface area contributed by atoms with Crippen LogP contribution in [-0.2, 0) is 27.4 Å². The molecular weight excluding hydrogens is 450 g/mol. The number of benzene rings is 3. The molecule has 0 spiro atoms. The summed E-state index contributed by atoms with van der Waals surface area (Å²) >= 11 is 0. The lowest BCUT2D eigenvalue weighted by molar-refractivity contribution is -0.125. The van der Waals surface area contributed by atoms with E-state index < -0.39 is 5.60 Å². The van der Waals surface area contributed by atoms with Crippen molar-refractivity contribution in [2.24, 2.45) is 0 Å². The Morgan fingerprint density at radius 2 is 1.58 bits per heavy atom. The van der Waals surface area contributed by atoms with Crippen molar-refractivity contribution in [1.29, 1.82) is 0 Å². The zero-order valence-corrected chi connectivity index (χ0v) is 20.6. The number of hydrogen-bond donors (Lipinski definition) is 0. The van der Waals surface area contributed by atoms with Crippen molar-refractivity contribution in [3.63, 3.8) is 0 Å². The molecule has 180 valence electrons. The summed E-state index contributed by atoms with van der Waals surface area (Å²) in [6.07, 6.45) is 0.383. The molecule has 0 radical (unpaired) electrons. The van der Waals surface area contributed by atoms with Crippen molar-refractivity contribution < 1.29 is 19.1 Å². The number of para-hydroxylation sites is 1. The van der Waals surface area contributed by atoms with E-state index >= 15 is 0 Å². The third kappa shape index (κ3) is 4.78. The highest BCUT2D eigenvalue weighted by molar-refractivity contribution is 6.32. The van der Waals surface area contributed by atoms with Crippen LogP contribution < -0.4 is 4.74 Å². The molecule has 0 unspecified atom stereocenters. The van der Waals surface area contributed by atoms with Crippen LogP contribution in [0, 0.1) is 0 Å². The molecule has 1 aliphatic heterocycles. The van der Waals surface area contributed by atoms with Crippen molar-refractivity contribution in [3.8, 4) is 5.75 Å². The van der Waals surface area contributed by atoms with Crippen LogP contribution in [-0.4, -0.2) is 22.2 Å². The van der Waals surface area contributed by atoms with Gasteiger partial charge in [-0.25, -0.2) is 4.98 Å². The molecule has 5 nitrogen and oxygen atoms in total. The number of carbonyl (C=O) groups is 2. The highest BCUT2D eigenvalue weighted by Crippen LogP contribution is 2.41. The Bertz CT molecular complexity index is 1480. The minimum Gasteiger partial charge on any atom is -0.487 e. The maximum atomic E-state index is 13.3. The summed E-state index contributed by atoms with van der Waals surface area (Å²) < 4.78 is 12.1. The molecular formula is C31H27NO4. The number of pyridine rings is 1. The summed E-state index contributed by atoms with van der Waals surface area (Å²) in [5.74, 6) is 1.28. The quantitative estimate of drug-likeness (QED) is 0.317. The van der Waals surface area contributed by atoms with E-state index in [1.54, 1.807) is 20.8 Å². The van der Waals surface area contributed by atoms with E-state index in [-0.39, 0.29) is 11.6 Å². The standard InChI is InChI=1S/C31H27NO4/c1-20(33)18-21-8-10-24(11-9-21)29-28(30(34)31(2,3)36-29)23-13-16-26(17-14-23)35-19-25-15-12-22-6-4-5-7-27(22)32-25/h4-17H,18-19H2,1-3H3. The minimum absolute atomic E-state index is 0.0701. The third-order valence-corrected chi connectivity index (χ3v) is 6.21. The summed E-state index contributed by atoms with van der Waals surface area (Å²) in [6, 6.07) is 27.1. The van der Waals surface area contributed by atoms with Gasteiger partial charge in [0.15, 0.2) is 5.60 Å². The molecule has 5 rings (SSSR count). The van der Waals surface area contributed by atoms with Crippen molar-refractivity contribution in [2.75, 3.05) is 0 Å². The number of hydrogen-bond acceptors (Lipinski definition) is 5. The lowest BCUT2D eigenvalue weighted by Crippen LogP contribution is -2.29. The van der Waals surface area contributed by atoms with Gasteiger partial charge in [0.1, 0.15) is 23.9 Å². The van der Waals surface area contributed by atoms with E-state index in [1.807, 2.05) is 84.9 Å². The molecule has 0 aliphatic carbocycles. The number of Topliss-reactive ketones (excluding diaryl/α,β-unsaturated/α-hetero) is 2. The van der Waals surface area contributed by atoms with Crippen LogP contribution in [0.3, 0.4) is 0 Å². The normalized spacial score (nSPS) is 14.7. The Morgan fingerprint density at radius 1 is 0.889 bits per heavy atom. The number of ether oxygens (including phenoxy) is 2. The first kappa shape index (κ1) is 23.5. The van der Waals surface area contributed by atoms with E-state index in [0.717, 1.165) is 33.3 Å². The zero-order valence-electron chi connectivity index (χ0n) is 20.6. The fourth-order valence-corrected chi connectivity index (χ4v) is 4.35. The molecule has 0 saturated heterocycles. The summed E-state index contributed by atoms with van der Waals surface area (Å²) in [4.78, 5) is 29.3. The van der Waals surface area contributed by atoms with Gasteiger partial charge in [0.05, 0.1) is 16.8 Å². The van der Waals surface area contributed by atoms with E-state index in [0.29, 0.717) is 30.1 Å². The van der Waals surface area contributed by atoms with Crippen LogP contribution in [0.25, 0.3) is 22.2 Å². The van der Waals surface area contributed by atoms with Gasteiger partial charge in [-0.1, -0.05) is 60.7 Å². The zero-order chi connectivity index (χ0) is 25.3. The van der Waals surface area contributed by atoms with Crippen molar-refractivity contribution in [2.45, 2.75) is 39.4 Å². The van der Waals surface area contributed by atoms with Gasteiger partial charge in [0.2, 0.25) is 5.78 Å². The van der Waals surface area contributed by atoms with Gasteiger partial charge < -0.3 is 9.47 Å². The smallest absolute Gasteiger partial charge is 0.210 e. The van der Waals surface area contributed by atoms with Crippen LogP contribution in [0.5, 0.6) is 5.75 Å². The summed E-state index contributed by atoms with van der Waals surface area (Å²) in [5.41, 5.74) is 3.87. The first-order chi connectivity index (χ1) is 17.3. The lowest BCUT2D eigenvalue weighted by Gasteiger charge is -2.18. The largest absolute Gasteiger partial charge is 0.487 e. The van der Waals surface area contributed by atoms with Crippen LogP contribution >= 0.6 is 0 Å².